The van der Waals surface area contributed by atoms with Crippen LogP contribution in [0.4, 0.5) is 4.79 Å². The van der Waals surface area contributed by atoms with Crippen LogP contribution in [-0.2, 0) is 4.79 Å². The van der Waals surface area contributed by atoms with Crippen molar-refractivity contribution in [2.24, 2.45) is 0 Å². The maximum atomic E-state index is 12.2. The number of benzene rings is 1. The molecule has 2 bridgehead atoms. The first-order chi connectivity index (χ1) is 9.99. The van der Waals surface area contributed by atoms with Gasteiger partial charge in [0.1, 0.15) is 0 Å². The number of amides is 2. The van der Waals surface area contributed by atoms with Gasteiger partial charge in [-0.3, -0.25) is 9.59 Å². The highest BCUT2D eigenvalue weighted by Crippen LogP contribution is 2.60. The minimum Gasteiger partial charge on any atom is -0.442 e. The zero-order valence-corrected chi connectivity index (χ0v) is 13.2. The number of carbonyl (C=O) groups excluding carboxylic acids is 2. The second-order valence-electron chi connectivity index (χ2n) is 5.99. The molecule has 2 amide bonds. The third-order valence-corrected chi connectivity index (χ3v) is 4.58. The van der Waals surface area contributed by atoms with E-state index in [4.69, 9.17) is 9.47 Å². The zero-order valence-electron chi connectivity index (χ0n) is 11.0. The summed E-state index contributed by atoms with van der Waals surface area (Å²) in [6, 6.07) is 7.21. The lowest BCUT2D eigenvalue weighted by molar-refractivity contribution is -0.153. The van der Waals surface area contributed by atoms with Crippen LogP contribution in [0.2, 0.25) is 0 Å². The quantitative estimate of drug-likeness (QED) is 0.460. The summed E-state index contributed by atoms with van der Waals surface area (Å²) in [5.41, 5.74) is -0.302. The number of hydrogen-bond acceptors (Lipinski definition) is 4. The minimum atomic E-state index is -0.924. The fourth-order valence-electron chi connectivity index (χ4n) is 3.59. The van der Waals surface area contributed by atoms with Crippen LogP contribution >= 0.6 is 22.6 Å². The lowest BCUT2D eigenvalue weighted by atomic mass is 9.44. The van der Waals surface area contributed by atoms with Gasteiger partial charge in [-0.25, -0.2) is 0 Å². The summed E-state index contributed by atoms with van der Waals surface area (Å²) in [4.78, 5) is 23.3. The predicted octanol–water partition coefficient (Wildman–Crippen LogP) is 1.72. The van der Waals surface area contributed by atoms with Crippen LogP contribution < -0.4 is 20.1 Å². The summed E-state index contributed by atoms with van der Waals surface area (Å²) in [5.74, 6) is 0.910. The number of carbonyl (C=O) groups is 2. The van der Waals surface area contributed by atoms with Gasteiger partial charge in [0.2, 0.25) is 0 Å². The van der Waals surface area contributed by atoms with E-state index >= 15 is 0 Å². The summed E-state index contributed by atoms with van der Waals surface area (Å²) in [7, 11) is 0. The molecule has 0 saturated heterocycles. The average Bonchev–Trinajstić information content (AvgIpc) is 2.77. The first-order valence-electron chi connectivity index (χ1n) is 6.71. The molecule has 2 N–H and O–H groups in total. The van der Waals surface area contributed by atoms with Crippen LogP contribution in [0, 0.1) is 0 Å². The highest BCUT2D eigenvalue weighted by Gasteiger charge is 2.69. The zero-order chi connectivity index (χ0) is 14.7. The van der Waals surface area contributed by atoms with E-state index < -0.39 is 6.29 Å². The fraction of sp³-hybridized carbons (Fsp3) is 0.429. The van der Waals surface area contributed by atoms with Crippen molar-refractivity contribution in [2.45, 2.75) is 36.6 Å². The molecule has 1 aliphatic heterocycles. The molecule has 7 heteroatoms. The molecular weight excluding hydrogens is 387 g/mol. The Morgan fingerprint density at radius 2 is 1.57 bits per heavy atom. The molecular formula is C14H13IN2O4. The van der Waals surface area contributed by atoms with Gasteiger partial charge < -0.3 is 20.1 Å². The van der Waals surface area contributed by atoms with Crippen molar-refractivity contribution in [3.05, 3.63) is 24.3 Å². The molecule has 3 aliphatic carbocycles. The summed E-state index contributed by atoms with van der Waals surface area (Å²) in [6.45, 7) is 0. The van der Waals surface area contributed by atoms with Gasteiger partial charge in [-0.15, -0.1) is 0 Å². The fourth-order valence-corrected chi connectivity index (χ4v) is 4.16. The van der Waals surface area contributed by atoms with Gasteiger partial charge in [0.15, 0.2) is 11.5 Å². The minimum absolute atomic E-state index is 0.0508. The molecule has 3 fully saturated rings. The number of rotatable bonds is 3. The largest absolute Gasteiger partial charge is 0.442 e. The molecule has 1 heterocycles. The molecule has 1 aromatic rings. The summed E-state index contributed by atoms with van der Waals surface area (Å²) < 4.78 is 10.9. The van der Waals surface area contributed by atoms with Gasteiger partial charge in [-0.05, 0) is 31.4 Å². The maximum Gasteiger partial charge on any atom is 0.321 e. The normalized spacial score (nSPS) is 31.9. The van der Waals surface area contributed by atoms with Crippen LogP contribution in [-0.4, -0.2) is 27.2 Å². The molecule has 3 saturated carbocycles. The maximum absolute atomic E-state index is 12.2. The second kappa shape index (κ2) is 4.25. The SMILES string of the molecule is O=C(I)NC12CC(NC(=O)C3Oc4ccccc4O3)(C1)C2. The molecule has 5 rings (SSSR count). The Bertz CT molecular complexity index is 603. The van der Waals surface area contributed by atoms with E-state index in [9.17, 15) is 9.59 Å². The van der Waals surface area contributed by atoms with Crippen molar-refractivity contribution in [3.8, 4) is 11.5 Å². The number of hydrogen-bond donors (Lipinski definition) is 2. The van der Waals surface area contributed by atoms with Crippen molar-refractivity contribution < 1.29 is 19.1 Å². The van der Waals surface area contributed by atoms with Crippen molar-refractivity contribution in [2.75, 3.05) is 0 Å². The van der Waals surface area contributed by atoms with Crippen molar-refractivity contribution >= 4 is 32.4 Å². The Morgan fingerprint density at radius 3 is 2.10 bits per heavy atom. The topological polar surface area (TPSA) is 76.7 Å². The molecule has 21 heavy (non-hydrogen) atoms. The number of para-hydroxylation sites is 2. The summed E-state index contributed by atoms with van der Waals surface area (Å²) in [6.07, 6.45) is 1.41. The van der Waals surface area contributed by atoms with E-state index in [1.54, 1.807) is 34.7 Å². The first-order valence-corrected chi connectivity index (χ1v) is 7.79. The van der Waals surface area contributed by atoms with E-state index in [0.29, 0.717) is 11.5 Å². The standard InChI is InChI=1S/C14H13IN2O4/c15-12(19)17-14-5-13(6-14,7-14)16-10(18)11-20-8-3-1-2-4-9(8)21-11/h1-4,11H,5-7H2,(H,16,18)(H,17,19). The highest BCUT2D eigenvalue weighted by molar-refractivity contribution is 14.1. The molecule has 6 nitrogen and oxygen atoms in total. The van der Waals surface area contributed by atoms with Gasteiger partial charge in [-0.2, -0.15) is 0 Å². The van der Waals surface area contributed by atoms with Crippen LogP contribution in [0.15, 0.2) is 24.3 Å². The van der Waals surface area contributed by atoms with E-state index in [0.717, 1.165) is 19.3 Å². The first kappa shape index (κ1) is 13.2. The van der Waals surface area contributed by atoms with Gasteiger partial charge in [-0.1, -0.05) is 12.1 Å². The molecule has 1 aromatic carbocycles. The van der Waals surface area contributed by atoms with Gasteiger partial charge in [0.25, 0.3) is 3.91 Å². The van der Waals surface area contributed by atoms with Crippen LogP contribution in [0.3, 0.4) is 0 Å². The number of nitrogens with one attached hydrogen (secondary N) is 2. The lowest BCUT2D eigenvalue weighted by Gasteiger charge is -2.70. The molecule has 110 valence electrons. The van der Waals surface area contributed by atoms with Crippen LogP contribution in [0.5, 0.6) is 11.5 Å². The molecule has 0 unspecified atom stereocenters. The van der Waals surface area contributed by atoms with E-state index in [2.05, 4.69) is 10.6 Å². The molecule has 0 aromatic heterocycles. The third kappa shape index (κ3) is 2.05. The molecule has 0 atom stereocenters. The van der Waals surface area contributed by atoms with Gasteiger partial charge in [0.05, 0.1) is 0 Å². The molecule has 0 spiro atoms. The smallest absolute Gasteiger partial charge is 0.321 e. The summed E-state index contributed by atoms with van der Waals surface area (Å²) >= 11 is 1.73. The molecule has 4 aliphatic rings. The van der Waals surface area contributed by atoms with Crippen molar-refractivity contribution in [1.82, 2.24) is 10.6 Å². The Balaban J connectivity index is 1.34. The Kier molecular flexibility index (Phi) is 2.66. The van der Waals surface area contributed by atoms with Crippen LogP contribution in [0.25, 0.3) is 0 Å². The molecule has 0 radical (unpaired) electrons. The van der Waals surface area contributed by atoms with E-state index in [1.165, 1.54) is 0 Å². The van der Waals surface area contributed by atoms with Gasteiger partial charge in [0, 0.05) is 33.7 Å². The number of halogens is 1. The van der Waals surface area contributed by atoms with Crippen molar-refractivity contribution in [3.63, 3.8) is 0 Å². The van der Waals surface area contributed by atoms with Crippen LogP contribution in [0.1, 0.15) is 19.3 Å². The third-order valence-electron chi connectivity index (χ3n) is 4.31. The second-order valence-corrected chi connectivity index (χ2v) is 6.97. The van der Waals surface area contributed by atoms with E-state index in [-0.39, 0.29) is 20.9 Å². The average molecular weight is 400 g/mol. The highest BCUT2D eigenvalue weighted by atomic mass is 127. The summed E-state index contributed by atoms with van der Waals surface area (Å²) in [5, 5.41) is 5.93. The Labute approximate surface area is 134 Å². The predicted molar refractivity (Wildman–Crippen MR) is 81.5 cm³/mol. The van der Waals surface area contributed by atoms with Crippen molar-refractivity contribution in [1.29, 1.82) is 0 Å². The van der Waals surface area contributed by atoms with Gasteiger partial charge >= 0.3 is 12.2 Å². The monoisotopic (exact) mass is 400 g/mol. The Hall–Kier alpha value is -1.51. The lowest BCUT2D eigenvalue weighted by Crippen LogP contribution is -2.84. The Morgan fingerprint density at radius 1 is 1.05 bits per heavy atom. The number of fused-ring (bicyclic) bond motifs is 1. The van der Waals surface area contributed by atoms with E-state index in [1.807, 2.05) is 12.1 Å². The number of ether oxygens (including phenoxy) is 2.